The Morgan fingerprint density at radius 3 is 2.80 bits per heavy atom. The summed E-state index contributed by atoms with van der Waals surface area (Å²) in [6.07, 6.45) is 2.06. The van der Waals surface area contributed by atoms with E-state index in [9.17, 15) is 4.79 Å². The lowest BCUT2D eigenvalue weighted by molar-refractivity contribution is -0.116. The summed E-state index contributed by atoms with van der Waals surface area (Å²) in [7, 11) is 0. The van der Waals surface area contributed by atoms with Crippen molar-refractivity contribution in [1.29, 1.82) is 0 Å². The predicted molar refractivity (Wildman–Crippen MR) is 95.4 cm³/mol. The van der Waals surface area contributed by atoms with Gasteiger partial charge in [0, 0.05) is 25.1 Å². The van der Waals surface area contributed by atoms with E-state index in [2.05, 4.69) is 10.3 Å². The van der Waals surface area contributed by atoms with Crippen LogP contribution in [0.1, 0.15) is 6.42 Å². The number of rotatable bonds is 4. The van der Waals surface area contributed by atoms with Gasteiger partial charge >= 0.3 is 0 Å². The van der Waals surface area contributed by atoms with Crippen LogP contribution in [0, 0.1) is 0 Å². The number of aryl methyl sites for hydroxylation is 1. The third-order valence-corrected chi connectivity index (χ3v) is 4.33. The van der Waals surface area contributed by atoms with Crippen molar-refractivity contribution in [2.75, 3.05) is 18.5 Å². The number of amides is 1. The summed E-state index contributed by atoms with van der Waals surface area (Å²) < 4.78 is 12.9. The van der Waals surface area contributed by atoms with Gasteiger partial charge in [-0.15, -0.1) is 0 Å². The van der Waals surface area contributed by atoms with Crippen molar-refractivity contribution in [2.24, 2.45) is 0 Å². The molecule has 1 aliphatic rings. The molecular formula is C18H16ClN3O3. The minimum atomic E-state index is -0.128. The zero-order valence-electron chi connectivity index (χ0n) is 13.4. The Bertz CT molecular complexity index is 938. The minimum Gasteiger partial charge on any atom is -0.486 e. The van der Waals surface area contributed by atoms with Crippen molar-refractivity contribution in [1.82, 2.24) is 9.55 Å². The molecule has 0 bridgehead atoms. The van der Waals surface area contributed by atoms with Crippen molar-refractivity contribution >= 4 is 34.2 Å². The van der Waals surface area contributed by atoms with Crippen LogP contribution in [-0.2, 0) is 11.3 Å². The molecular weight excluding hydrogens is 342 g/mol. The first-order valence-electron chi connectivity index (χ1n) is 7.99. The van der Waals surface area contributed by atoms with Gasteiger partial charge in [-0.25, -0.2) is 4.98 Å². The summed E-state index contributed by atoms with van der Waals surface area (Å²) in [5.74, 6) is 1.06. The lowest BCUT2D eigenvalue weighted by atomic mass is 10.2. The molecule has 3 aromatic rings. The van der Waals surface area contributed by atoms with Crippen LogP contribution >= 0.6 is 11.6 Å². The second-order valence-electron chi connectivity index (χ2n) is 5.70. The third kappa shape index (κ3) is 3.25. The normalized spacial score (nSPS) is 13.0. The Kier molecular flexibility index (Phi) is 4.19. The molecule has 1 aliphatic heterocycles. The molecule has 2 heterocycles. The number of fused-ring (bicyclic) bond motifs is 2. The topological polar surface area (TPSA) is 65.4 Å². The van der Waals surface area contributed by atoms with Gasteiger partial charge in [-0.05, 0) is 12.1 Å². The van der Waals surface area contributed by atoms with E-state index in [4.69, 9.17) is 21.1 Å². The summed E-state index contributed by atoms with van der Waals surface area (Å²) >= 11 is 6.22. The highest BCUT2D eigenvalue weighted by Crippen LogP contribution is 2.37. The van der Waals surface area contributed by atoms with Crippen molar-refractivity contribution in [2.45, 2.75) is 13.0 Å². The highest BCUT2D eigenvalue weighted by atomic mass is 35.5. The molecule has 0 aliphatic carbocycles. The second-order valence-corrected chi connectivity index (χ2v) is 6.11. The molecule has 0 fully saturated rings. The molecule has 0 radical (unpaired) electrons. The molecule has 1 N–H and O–H groups in total. The number of benzene rings is 2. The lowest BCUT2D eigenvalue weighted by Crippen LogP contribution is -2.17. The van der Waals surface area contributed by atoms with Crippen LogP contribution in [0.5, 0.6) is 11.5 Å². The van der Waals surface area contributed by atoms with E-state index >= 15 is 0 Å². The smallest absolute Gasteiger partial charge is 0.226 e. The molecule has 0 unspecified atom stereocenters. The molecule has 2 aromatic carbocycles. The molecule has 25 heavy (non-hydrogen) atoms. The van der Waals surface area contributed by atoms with E-state index in [1.807, 2.05) is 28.8 Å². The first kappa shape index (κ1) is 15.8. The van der Waals surface area contributed by atoms with E-state index in [-0.39, 0.29) is 5.91 Å². The summed E-state index contributed by atoms with van der Waals surface area (Å²) in [5, 5.41) is 3.25. The van der Waals surface area contributed by atoms with Gasteiger partial charge in [0.1, 0.15) is 13.2 Å². The van der Waals surface area contributed by atoms with Crippen LogP contribution in [0.4, 0.5) is 5.69 Å². The molecule has 6 nitrogen and oxygen atoms in total. The maximum atomic E-state index is 12.3. The minimum absolute atomic E-state index is 0.128. The fourth-order valence-corrected chi connectivity index (χ4v) is 2.98. The molecule has 0 saturated carbocycles. The molecule has 0 spiro atoms. The number of ether oxygens (including phenoxy) is 2. The third-order valence-electron chi connectivity index (χ3n) is 4.01. The zero-order chi connectivity index (χ0) is 17.2. The van der Waals surface area contributed by atoms with E-state index in [1.54, 1.807) is 18.5 Å². The van der Waals surface area contributed by atoms with Crippen LogP contribution in [0.15, 0.2) is 42.7 Å². The average Bonchev–Trinajstić information content (AvgIpc) is 3.04. The van der Waals surface area contributed by atoms with E-state index in [0.717, 1.165) is 11.0 Å². The van der Waals surface area contributed by atoms with Crippen LogP contribution in [0.3, 0.4) is 0 Å². The fourth-order valence-electron chi connectivity index (χ4n) is 2.78. The standard InChI is InChI=1S/C18H16ClN3O3/c19-12-9-16-17(25-8-7-24-16)10-14(12)21-18(23)5-6-22-11-20-13-3-1-2-4-15(13)22/h1-4,9-11H,5-8H2,(H,21,23). The summed E-state index contributed by atoms with van der Waals surface area (Å²) in [6, 6.07) is 11.2. The maximum absolute atomic E-state index is 12.3. The van der Waals surface area contributed by atoms with E-state index < -0.39 is 0 Å². The van der Waals surface area contributed by atoms with Crippen molar-refractivity contribution in [3.8, 4) is 11.5 Å². The van der Waals surface area contributed by atoms with Gasteiger partial charge in [-0.3, -0.25) is 4.79 Å². The second kappa shape index (κ2) is 6.64. The van der Waals surface area contributed by atoms with Crippen LogP contribution in [-0.4, -0.2) is 28.7 Å². The van der Waals surface area contributed by atoms with Crippen LogP contribution < -0.4 is 14.8 Å². The van der Waals surface area contributed by atoms with Gasteiger partial charge in [0.25, 0.3) is 0 Å². The molecule has 128 valence electrons. The number of nitrogens with zero attached hydrogens (tertiary/aromatic N) is 2. The van der Waals surface area contributed by atoms with Gasteiger partial charge in [0.15, 0.2) is 11.5 Å². The first-order chi connectivity index (χ1) is 12.2. The highest BCUT2D eigenvalue weighted by Gasteiger charge is 2.16. The van der Waals surface area contributed by atoms with Gasteiger partial charge in [0.2, 0.25) is 5.91 Å². The summed E-state index contributed by atoms with van der Waals surface area (Å²) in [4.78, 5) is 16.6. The Labute approximate surface area is 149 Å². The maximum Gasteiger partial charge on any atom is 0.226 e. The SMILES string of the molecule is O=C(CCn1cnc2ccccc21)Nc1cc2c(cc1Cl)OCCO2. The summed E-state index contributed by atoms with van der Waals surface area (Å²) in [5.41, 5.74) is 2.44. The molecule has 0 saturated heterocycles. The lowest BCUT2D eigenvalue weighted by Gasteiger charge is -2.20. The fraction of sp³-hybridized carbons (Fsp3) is 0.222. The molecule has 1 amide bonds. The number of hydrogen-bond donors (Lipinski definition) is 1. The Morgan fingerprint density at radius 1 is 1.20 bits per heavy atom. The number of carbonyl (C=O) groups excluding carboxylic acids is 1. The van der Waals surface area contributed by atoms with Crippen LogP contribution in [0.2, 0.25) is 5.02 Å². The number of aromatic nitrogens is 2. The molecule has 4 rings (SSSR count). The number of imidazole rings is 1. The monoisotopic (exact) mass is 357 g/mol. The average molecular weight is 358 g/mol. The molecule has 0 atom stereocenters. The number of carbonyl (C=O) groups is 1. The number of nitrogens with one attached hydrogen (secondary N) is 1. The van der Waals surface area contributed by atoms with Crippen molar-refractivity contribution in [3.63, 3.8) is 0 Å². The van der Waals surface area contributed by atoms with Crippen molar-refractivity contribution < 1.29 is 14.3 Å². The Hall–Kier alpha value is -2.73. The number of hydrogen-bond acceptors (Lipinski definition) is 4. The highest BCUT2D eigenvalue weighted by molar-refractivity contribution is 6.34. The van der Waals surface area contributed by atoms with Gasteiger partial charge in [0.05, 0.1) is 28.1 Å². The van der Waals surface area contributed by atoms with E-state index in [0.29, 0.717) is 48.4 Å². The predicted octanol–water partition coefficient (Wildman–Crippen LogP) is 3.49. The van der Waals surface area contributed by atoms with Gasteiger partial charge in [-0.1, -0.05) is 23.7 Å². The van der Waals surface area contributed by atoms with Crippen molar-refractivity contribution in [3.05, 3.63) is 47.7 Å². The summed E-state index contributed by atoms with van der Waals surface area (Å²) in [6.45, 7) is 1.51. The van der Waals surface area contributed by atoms with Gasteiger partial charge in [-0.2, -0.15) is 0 Å². The number of halogens is 1. The quantitative estimate of drug-likeness (QED) is 0.776. The van der Waals surface area contributed by atoms with E-state index in [1.165, 1.54) is 0 Å². The largest absolute Gasteiger partial charge is 0.486 e. The Balaban J connectivity index is 1.44. The number of anilines is 1. The van der Waals surface area contributed by atoms with Crippen LogP contribution in [0.25, 0.3) is 11.0 Å². The Morgan fingerprint density at radius 2 is 1.96 bits per heavy atom. The van der Waals surface area contributed by atoms with Gasteiger partial charge < -0.3 is 19.4 Å². The molecule has 7 heteroatoms. The zero-order valence-corrected chi connectivity index (χ0v) is 14.1. The first-order valence-corrected chi connectivity index (χ1v) is 8.37. The molecule has 1 aromatic heterocycles. The number of para-hydroxylation sites is 2.